The highest BCUT2D eigenvalue weighted by Crippen LogP contribution is 2.41. The first kappa shape index (κ1) is 9.25. The molecule has 0 fully saturated rings. The van der Waals surface area contributed by atoms with Crippen LogP contribution in [0.1, 0.15) is 30.4 Å². The Bertz CT molecular complexity index is 357. The molecule has 14 heavy (non-hydrogen) atoms. The quantitative estimate of drug-likeness (QED) is 0.726. The summed E-state index contributed by atoms with van der Waals surface area (Å²) in [6.45, 7) is 1.94. The van der Waals surface area contributed by atoms with Crippen molar-refractivity contribution in [1.29, 1.82) is 0 Å². The topological polar surface area (TPSA) is 37.3 Å². The van der Waals surface area contributed by atoms with Gasteiger partial charge in [0.25, 0.3) is 0 Å². The minimum Gasteiger partial charge on any atom is -0.508 e. The largest absolute Gasteiger partial charge is 0.508 e. The smallest absolute Gasteiger partial charge is 0.123 e. The molecule has 0 aromatic heterocycles. The number of benzene rings is 1. The maximum absolute atomic E-state index is 10.7. The molecule has 2 rings (SSSR count). The molecule has 1 aliphatic carbocycles. The van der Waals surface area contributed by atoms with Crippen LogP contribution in [0.4, 0.5) is 0 Å². The van der Waals surface area contributed by atoms with Gasteiger partial charge in [0.05, 0.1) is 0 Å². The molecular weight excluding hydrogens is 176 g/mol. The second-order valence-corrected chi connectivity index (χ2v) is 3.99. The van der Waals surface area contributed by atoms with Crippen LogP contribution in [0.15, 0.2) is 18.2 Å². The predicted octanol–water partition coefficient (Wildman–Crippen LogP) is 2.26. The summed E-state index contributed by atoms with van der Waals surface area (Å²) in [5.74, 6) is 0.732. The Morgan fingerprint density at radius 3 is 3.07 bits per heavy atom. The lowest BCUT2D eigenvalue weighted by Crippen LogP contribution is -2.07. The average Bonchev–Trinajstić information content (AvgIpc) is 2.62. The van der Waals surface area contributed by atoms with Crippen LogP contribution in [-0.4, -0.2) is 11.4 Å². The summed E-state index contributed by atoms with van der Waals surface area (Å²) in [4.78, 5) is 10.7. The molecule has 2 atom stereocenters. The lowest BCUT2D eigenvalue weighted by Gasteiger charge is -2.14. The van der Waals surface area contributed by atoms with Crippen molar-refractivity contribution >= 4 is 6.29 Å². The van der Waals surface area contributed by atoms with E-state index in [-0.39, 0.29) is 5.92 Å². The van der Waals surface area contributed by atoms with Crippen LogP contribution >= 0.6 is 0 Å². The van der Waals surface area contributed by atoms with E-state index in [1.54, 1.807) is 6.07 Å². The van der Waals surface area contributed by atoms with Gasteiger partial charge in [0.2, 0.25) is 0 Å². The number of fused-ring (bicyclic) bond motifs is 1. The molecule has 1 aromatic rings. The Balaban J connectivity index is 2.39. The van der Waals surface area contributed by atoms with Crippen LogP contribution in [0.2, 0.25) is 0 Å². The predicted molar refractivity (Wildman–Crippen MR) is 54.4 cm³/mol. The number of hydrogen-bond acceptors (Lipinski definition) is 2. The standard InChI is InChI=1S/C12H14O2/c1-8(7-13)9-5-6-11-10(9)3-2-4-12(11)14/h2-4,7-9,14H,5-6H2,1H3. The summed E-state index contributed by atoms with van der Waals surface area (Å²) >= 11 is 0. The van der Waals surface area contributed by atoms with E-state index in [1.807, 2.05) is 19.1 Å². The van der Waals surface area contributed by atoms with Crippen LogP contribution in [-0.2, 0) is 11.2 Å². The van der Waals surface area contributed by atoms with Crippen LogP contribution < -0.4 is 0 Å². The van der Waals surface area contributed by atoms with Crippen molar-refractivity contribution < 1.29 is 9.90 Å². The van der Waals surface area contributed by atoms with Gasteiger partial charge in [-0.05, 0) is 36.0 Å². The number of aldehydes is 1. The third-order valence-electron chi connectivity index (χ3n) is 3.14. The Labute approximate surface area is 83.6 Å². The Kier molecular flexibility index (Phi) is 2.28. The minimum atomic E-state index is 0.0537. The van der Waals surface area contributed by atoms with Crippen molar-refractivity contribution in [2.45, 2.75) is 25.7 Å². The number of carbonyl (C=O) groups excluding carboxylic acids is 1. The first-order chi connectivity index (χ1) is 6.74. The van der Waals surface area contributed by atoms with E-state index in [1.165, 1.54) is 0 Å². The van der Waals surface area contributed by atoms with Gasteiger partial charge in [-0.2, -0.15) is 0 Å². The van der Waals surface area contributed by atoms with Gasteiger partial charge >= 0.3 is 0 Å². The number of carbonyl (C=O) groups is 1. The summed E-state index contributed by atoms with van der Waals surface area (Å²) in [7, 11) is 0. The number of aromatic hydroxyl groups is 1. The summed E-state index contributed by atoms with van der Waals surface area (Å²) < 4.78 is 0. The second-order valence-electron chi connectivity index (χ2n) is 3.99. The maximum atomic E-state index is 10.7. The zero-order chi connectivity index (χ0) is 10.1. The van der Waals surface area contributed by atoms with Crippen LogP contribution in [0.3, 0.4) is 0 Å². The lowest BCUT2D eigenvalue weighted by molar-refractivity contribution is -0.111. The van der Waals surface area contributed by atoms with Crippen molar-refractivity contribution in [3.05, 3.63) is 29.3 Å². The number of phenols is 1. The third-order valence-corrected chi connectivity index (χ3v) is 3.14. The number of hydrogen-bond donors (Lipinski definition) is 1. The Hall–Kier alpha value is -1.31. The zero-order valence-corrected chi connectivity index (χ0v) is 8.23. The van der Waals surface area contributed by atoms with Gasteiger partial charge in [-0.25, -0.2) is 0 Å². The normalized spacial score (nSPS) is 21.6. The molecule has 2 unspecified atom stereocenters. The van der Waals surface area contributed by atoms with Crippen LogP contribution in [0.5, 0.6) is 5.75 Å². The van der Waals surface area contributed by atoms with Gasteiger partial charge in [0.1, 0.15) is 12.0 Å². The van der Waals surface area contributed by atoms with Crippen molar-refractivity contribution in [3.8, 4) is 5.75 Å². The van der Waals surface area contributed by atoms with Crippen LogP contribution in [0.25, 0.3) is 0 Å². The molecule has 1 N–H and O–H groups in total. The molecule has 1 aliphatic rings. The van der Waals surface area contributed by atoms with E-state index in [4.69, 9.17) is 0 Å². The molecule has 0 saturated heterocycles. The molecule has 1 aromatic carbocycles. The van der Waals surface area contributed by atoms with Gasteiger partial charge < -0.3 is 9.90 Å². The molecule has 74 valence electrons. The maximum Gasteiger partial charge on any atom is 0.123 e. The molecule has 0 heterocycles. The summed E-state index contributed by atoms with van der Waals surface area (Å²) in [5, 5.41) is 9.62. The molecule has 0 bridgehead atoms. The van der Waals surface area contributed by atoms with Gasteiger partial charge in [0, 0.05) is 5.92 Å². The van der Waals surface area contributed by atoms with E-state index in [2.05, 4.69) is 0 Å². The van der Waals surface area contributed by atoms with Gasteiger partial charge in [-0.1, -0.05) is 19.1 Å². The van der Waals surface area contributed by atoms with Gasteiger partial charge in [0.15, 0.2) is 0 Å². The summed E-state index contributed by atoms with van der Waals surface area (Å²) in [6.07, 6.45) is 2.88. The van der Waals surface area contributed by atoms with E-state index in [9.17, 15) is 9.90 Å². The molecule has 0 amide bonds. The molecule has 0 radical (unpaired) electrons. The molecule has 0 saturated carbocycles. The molecule has 2 nitrogen and oxygen atoms in total. The summed E-state index contributed by atoms with van der Waals surface area (Å²) in [5.41, 5.74) is 2.19. The Morgan fingerprint density at radius 2 is 2.36 bits per heavy atom. The summed E-state index contributed by atoms with van der Waals surface area (Å²) in [6, 6.07) is 5.59. The fourth-order valence-corrected chi connectivity index (χ4v) is 2.31. The van der Waals surface area contributed by atoms with Crippen molar-refractivity contribution in [1.82, 2.24) is 0 Å². The van der Waals surface area contributed by atoms with E-state index >= 15 is 0 Å². The van der Waals surface area contributed by atoms with Gasteiger partial charge in [-0.3, -0.25) is 0 Å². The number of rotatable bonds is 2. The third kappa shape index (κ3) is 1.31. The Morgan fingerprint density at radius 1 is 1.57 bits per heavy atom. The van der Waals surface area contributed by atoms with Crippen molar-refractivity contribution in [2.75, 3.05) is 0 Å². The van der Waals surface area contributed by atoms with Gasteiger partial charge in [-0.15, -0.1) is 0 Å². The highest BCUT2D eigenvalue weighted by atomic mass is 16.3. The molecular formula is C12H14O2. The zero-order valence-electron chi connectivity index (χ0n) is 8.23. The van der Waals surface area contributed by atoms with Crippen molar-refractivity contribution in [3.63, 3.8) is 0 Å². The first-order valence-corrected chi connectivity index (χ1v) is 5.00. The molecule has 2 heteroatoms. The second kappa shape index (κ2) is 3.45. The number of phenolic OH excluding ortho intramolecular Hbond substituents is 1. The lowest BCUT2D eigenvalue weighted by atomic mass is 9.90. The average molecular weight is 190 g/mol. The SMILES string of the molecule is CC(C=O)C1CCc2c(O)cccc21. The molecule has 0 aliphatic heterocycles. The van der Waals surface area contributed by atoms with E-state index in [0.717, 1.165) is 30.3 Å². The van der Waals surface area contributed by atoms with Crippen LogP contribution in [0, 0.1) is 5.92 Å². The fraction of sp³-hybridized carbons (Fsp3) is 0.417. The minimum absolute atomic E-state index is 0.0537. The monoisotopic (exact) mass is 190 g/mol. The van der Waals surface area contributed by atoms with E-state index in [0.29, 0.717) is 11.7 Å². The van der Waals surface area contributed by atoms with E-state index < -0.39 is 0 Å². The fourth-order valence-electron chi connectivity index (χ4n) is 2.31. The highest BCUT2D eigenvalue weighted by Gasteiger charge is 2.28. The first-order valence-electron chi connectivity index (χ1n) is 5.00. The highest BCUT2D eigenvalue weighted by molar-refractivity contribution is 5.57. The molecule has 0 spiro atoms. The van der Waals surface area contributed by atoms with Crippen molar-refractivity contribution in [2.24, 2.45) is 5.92 Å².